The molecule has 1 saturated carbocycles. The number of anilines is 1. The molecule has 2 aromatic rings. The maximum Gasteiger partial charge on any atom is 0.307 e. The summed E-state index contributed by atoms with van der Waals surface area (Å²) < 4.78 is 2.18. The summed E-state index contributed by atoms with van der Waals surface area (Å²) in [5.74, 6) is -0.443. The summed E-state index contributed by atoms with van der Waals surface area (Å²) in [5, 5.41) is 21.3. The van der Waals surface area contributed by atoms with Crippen LogP contribution in [0.4, 0.5) is 5.69 Å². The molecule has 5 rings (SSSR count). The summed E-state index contributed by atoms with van der Waals surface area (Å²) in [6, 6.07) is 7.59. The van der Waals surface area contributed by atoms with Gasteiger partial charge in [-0.15, -0.1) is 10.2 Å². The first-order valence-corrected chi connectivity index (χ1v) is 10.4. The van der Waals surface area contributed by atoms with Crippen LogP contribution in [0, 0.1) is 23.7 Å². The Labute approximate surface area is 168 Å². The van der Waals surface area contributed by atoms with Crippen LogP contribution in [0.2, 0.25) is 0 Å². The van der Waals surface area contributed by atoms with E-state index in [4.69, 9.17) is 0 Å². The largest absolute Gasteiger partial charge is 0.481 e. The van der Waals surface area contributed by atoms with E-state index in [0.29, 0.717) is 5.69 Å². The third-order valence-corrected chi connectivity index (χ3v) is 6.54. The van der Waals surface area contributed by atoms with Crippen molar-refractivity contribution in [3.63, 3.8) is 0 Å². The summed E-state index contributed by atoms with van der Waals surface area (Å²) in [6.45, 7) is 0.909. The number of carboxylic acids is 1. The van der Waals surface area contributed by atoms with Gasteiger partial charge in [0, 0.05) is 24.2 Å². The van der Waals surface area contributed by atoms with Gasteiger partial charge < -0.3 is 15.0 Å². The quantitative estimate of drug-likeness (QED) is 0.779. The highest BCUT2D eigenvalue weighted by Crippen LogP contribution is 2.48. The summed E-state index contributed by atoms with van der Waals surface area (Å²) in [4.78, 5) is 24.7. The Morgan fingerprint density at radius 2 is 1.90 bits per heavy atom. The number of nitrogens with one attached hydrogen (secondary N) is 1. The second kappa shape index (κ2) is 7.13. The van der Waals surface area contributed by atoms with Crippen molar-refractivity contribution in [3.05, 3.63) is 42.2 Å². The number of amides is 1. The predicted molar refractivity (Wildman–Crippen MR) is 107 cm³/mol. The fourth-order valence-corrected chi connectivity index (χ4v) is 5.18. The van der Waals surface area contributed by atoms with E-state index in [1.54, 1.807) is 0 Å². The van der Waals surface area contributed by atoms with Gasteiger partial charge in [-0.05, 0) is 43.2 Å². The van der Waals surface area contributed by atoms with Crippen LogP contribution in [0.25, 0.3) is 11.4 Å². The molecule has 29 heavy (non-hydrogen) atoms. The lowest BCUT2D eigenvalue weighted by molar-refractivity contribution is -0.146. The highest BCUT2D eigenvalue weighted by Gasteiger charge is 2.51. The molecular formula is C22H24N4O3. The van der Waals surface area contributed by atoms with Gasteiger partial charge >= 0.3 is 5.97 Å². The van der Waals surface area contributed by atoms with Crippen LogP contribution < -0.4 is 5.32 Å². The van der Waals surface area contributed by atoms with Crippen molar-refractivity contribution in [3.8, 4) is 11.4 Å². The number of aromatic nitrogens is 3. The highest BCUT2D eigenvalue weighted by molar-refractivity contribution is 5.96. The van der Waals surface area contributed by atoms with Crippen LogP contribution in [0.3, 0.4) is 0 Å². The Morgan fingerprint density at radius 1 is 1.07 bits per heavy atom. The Kier molecular flexibility index (Phi) is 4.45. The van der Waals surface area contributed by atoms with Crippen LogP contribution in [0.5, 0.6) is 0 Å². The SMILES string of the molecule is O=C(O)C1C2C=CC(C2)C1C(=O)Nc1cccc(-c2nnc3n2CCCCC3)c1. The van der Waals surface area contributed by atoms with E-state index in [1.165, 1.54) is 6.42 Å². The molecule has 3 aliphatic rings. The summed E-state index contributed by atoms with van der Waals surface area (Å²) in [5.41, 5.74) is 1.57. The Morgan fingerprint density at radius 3 is 2.72 bits per heavy atom. The number of carbonyl (C=O) groups excluding carboxylic acids is 1. The van der Waals surface area contributed by atoms with Crippen molar-refractivity contribution in [2.75, 3.05) is 5.32 Å². The molecule has 4 unspecified atom stereocenters. The van der Waals surface area contributed by atoms with Gasteiger partial charge in [0.05, 0.1) is 11.8 Å². The van der Waals surface area contributed by atoms with E-state index in [1.807, 2.05) is 36.4 Å². The molecule has 1 aromatic carbocycles. The molecule has 1 aliphatic heterocycles. The number of aryl methyl sites for hydroxylation is 1. The van der Waals surface area contributed by atoms with Crippen LogP contribution >= 0.6 is 0 Å². The number of aliphatic carboxylic acids is 1. The van der Waals surface area contributed by atoms with E-state index in [-0.39, 0.29) is 17.7 Å². The Hall–Kier alpha value is -2.96. The number of nitrogens with zero attached hydrogens (tertiary/aromatic N) is 3. The van der Waals surface area contributed by atoms with Gasteiger partial charge in [-0.3, -0.25) is 9.59 Å². The van der Waals surface area contributed by atoms with Crippen molar-refractivity contribution >= 4 is 17.6 Å². The average molecular weight is 392 g/mol. The minimum Gasteiger partial charge on any atom is -0.481 e. The lowest BCUT2D eigenvalue weighted by atomic mass is 9.82. The molecule has 4 atom stereocenters. The normalized spacial score (nSPS) is 27.4. The molecule has 150 valence electrons. The topological polar surface area (TPSA) is 97.1 Å². The van der Waals surface area contributed by atoms with Crippen LogP contribution in [-0.4, -0.2) is 31.7 Å². The van der Waals surface area contributed by atoms with Gasteiger partial charge in [0.2, 0.25) is 5.91 Å². The zero-order valence-electron chi connectivity index (χ0n) is 16.1. The maximum atomic E-state index is 13.0. The molecule has 0 radical (unpaired) electrons. The molecule has 1 fully saturated rings. The molecule has 2 aliphatic carbocycles. The number of hydrogen-bond donors (Lipinski definition) is 2. The second-order valence-electron chi connectivity index (χ2n) is 8.31. The number of carbonyl (C=O) groups is 2. The van der Waals surface area contributed by atoms with Crippen molar-refractivity contribution < 1.29 is 14.7 Å². The van der Waals surface area contributed by atoms with Crippen molar-refractivity contribution in [2.24, 2.45) is 23.7 Å². The van der Waals surface area contributed by atoms with E-state index in [2.05, 4.69) is 20.1 Å². The minimum absolute atomic E-state index is 0.0107. The monoisotopic (exact) mass is 392 g/mol. The third kappa shape index (κ3) is 3.14. The van der Waals surface area contributed by atoms with Crippen molar-refractivity contribution in [1.29, 1.82) is 0 Å². The molecule has 7 heteroatoms. The number of benzene rings is 1. The Bertz CT molecular complexity index is 996. The zero-order valence-corrected chi connectivity index (χ0v) is 16.1. The van der Waals surface area contributed by atoms with E-state index < -0.39 is 17.8 Å². The standard InChI is InChI=1S/C22H24N4O3/c27-21(18-13-8-9-14(11-13)19(18)22(28)29)23-16-6-4-5-15(12-16)20-25-24-17-7-2-1-3-10-26(17)20/h4-6,8-9,12-14,18-19H,1-3,7,10-11H2,(H,23,27)(H,28,29). The van der Waals surface area contributed by atoms with Crippen LogP contribution in [0.15, 0.2) is 36.4 Å². The summed E-state index contributed by atoms with van der Waals surface area (Å²) in [7, 11) is 0. The average Bonchev–Trinajstić information content (AvgIpc) is 3.39. The molecule has 0 saturated heterocycles. The fraction of sp³-hybridized carbons (Fsp3) is 0.455. The molecule has 7 nitrogen and oxygen atoms in total. The van der Waals surface area contributed by atoms with Gasteiger partial charge in [0.15, 0.2) is 5.82 Å². The molecule has 1 amide bonds. The number of carboxylic acid groups (broad SMARTS) is 1. The second-order valence-corrected chi connectivity index (χ2v) is 8.31. The molecule has 0 spiro atoms. The van der Waals surface area contributed by atoms with Crippen LogP contribution in [0.1, 0.15) is 31.5 Å². The molecule has 2 N–H and O–H groups in total. The fourth-order valence-electron chi connectivity index (χ4n) is 5.18. The van der Waals surface area contributed by atoms with Crippen molar-refractivity contribution in [1.82, 2.24) is 14.8 Å². The third-order valence-electron chi connectivity index (χ3n) is 6.54. The van der Waals surface area contributed by atoms with Gasteiger partial charge in [0.25, 0.3) is 0 Å². The first kappa shape index (κ1) is 18.1. The number of rotatable bonds is 4. The summed E-state index contributed by atoms with van der Waals surface area (Å²) in [6.07, 6.45) is 9.08. The first-order valence-electron chi connectivity index (χ1n) is 10.4. The van der Waals surface area contributed by atoms with Gasteiger partial charge in [-0.1, -0.05) is 30.7 Å². The van der Waals surface area contributed by atoms with Gasteiger partial charge in [-0.25, -0.2) is 0 Å². The summed E-state index contributed by atoms with van der Waals surface area (Å²) >= 11 is 0. The maximum absolute atomic E-state index is 13.0. The van der Waals surface area contributed by atoms with E-state index >= 15 is 0 Å². The smallest absolute Gasteiger partial charge is 0.307 e. The lowest BCUT2D eigenvalue weighted by Gasteiger charge is -2.24. The van der Waals surface area contributed by atoms with E-state index in [9.17, 15) is 14.7 Å². The predicted octanol–water partition coefficient (Wildman–Crippen LogP) is 3.13. The molecule has 2 heterocycles. The molecule has 1 aromatic heterocycles. The minimum atomic E-state index is -0.887. The number of allylic oxidation sites excluding steroid dienone is 2. The number of hydrogen-bond acceptors (Lipinski definition) is 4. The van der Waals surface area contributed by atoms with Crippen molar-refractivity contribution in [2.45, 2.75) is 38.6 Å². The number of fused-ring (bicyclic) bond motifs is 3. The highest BCUT2D eigenvalue weighted by atomic mass is 16.4. The zero-order chi connectivity index (χ0) is 20.0. The van der Waals surface area contributed by atoms with E-state index in [0.717, 1.165) is 49.4 Å². The van der Waals surface area contributed by atoms with Gasteiger partial charge in [-0.2, -0.15) is 0 Å². The van der Waals surface area contributed by atoms with Crippen LogP contribution in [-0.2, 0) is 22.6 Å². The first-order chi connectivity index (χ1) is 14.1. The molecule has 2 bridgehead atoms. The molecular weight excluding hydrogens is 368 g/mol. The Balaban J connectivity index is 1.38. The lowest BCUT2D eigenvalue weighted by Crippen LogP contribution is -2.36. The van der Waals surface area contributed by atoms with Gasteiger partial charge in [0.1, 0.15) is 5.82 Å².